The Labute approximate surface area is 176 Å². The van der Waals surface area contributed by atoms with Gasteiger partial charge < -0.3 is 15.1 Å². The second-order valence-corrected chi connectivity index (χ2v) is 7.93. The molecule has 0 saturated carbocycles. The molecule has 8 nitrogen and oxygen atoms in total. The number of nitrogens with one attached hydrogen (secondary N) is 1. The van der Waals surface area contributed by atoms with Crippen molar-refractivity contribution in [3.8, 4) is 0 Å². The summed E-state index contributed by atoms with van der Waals surface area (Å²) in [5.74, 6) is 0.638. The van der Waals surface area contributed by atoms with Crippen LogP contribution in [0.5, 0.6) is 0 Å². The van der Waals surface area contributed by atoms with Gasteiger partial charge in [-0.05, 0) is 44.5 Å². The molecule has 1 N–H and O–H groups in total. The quantitative estimate of drug-likeness (QED) is 0.671. The zero-order valence-corrected chi connectivity index (χ0v) is 17.9. The fraction of sp³-hybridized carbons (Fsp3) is 0.455. The Balaban J connectivity index is 1.37. The number of amides is 1. The van der Waals surface area contributed by atoms with Crippen LogP contribution < -0.4 is 10.2 Å². The standard InChI is InChI=1S/C22H29N7O/c1-16-19(17(2)29-22(26-16)24-15-25-29)8-9-21(30)23-14-18-6-4-5-7-20(18)28-12-10-27(3)11-13-28/h4-7,15H,8-14H2,1-3H3,(H,23,30). The molecule has 2 aromatic heterocycles. The molecule has 4 rings (SSSR count). The van der Waals surface area contributed by atoms with Crippen LogP contribution in [0.4, 0.5) is 5.69 Å². The van der Waals surface area contributed by atoms with E-state index in [-0.39, 0.29) is 5.91 Å². The summed E-state index contributed by atoms with van der Waals surface area (Å²) in [6.45, 7) is 8.64. The largest absolute Gasteiger partial charge is 0.369 e. The molecular weight excluding hydrogens is 378 g/mol. The van der Waals surface area contributed by atoms with Gasteiger partial charge in [0.2, 0.25) is 5.91 Å². The Kier molecular flexibility index (Phi) is 5.94. The van der Waals surface area contributed by atoms with Crippen LogP contribution in [0.15, 0.2) is 30.6 Å². The molecule has 0 radical (unpaired) electrons. The van der Waals surface area contributed by atoms with Crippen molar-refractivity contribution in [1.82, 2.24) is 29.8 Å². The average Bonchev–Trinajstić information content (AvgIpc) is 3.21. The minimum absolute atomic E-state index is 0.0423. The van der Waals surface area contributed by atoms with Crippen LogP contribution in [0.3, 0.4) is 0 Å². The minimum Gasteiger partial charge on any atom is -0.369 e. The summed E-state index contributed by atoms with van der Waals surface area (Å²) < 4.78 is 1.73. The number of rotatable bonds is 6. The molecule has 0 atom stereocenters. The SMILES string of the molecule is Cc1nc2ncnn2c(C)c1CCC(=O)NCc1ccccc1N1CCN(C)CC1. The van der Waals surface area contributed by atoms with Crippen molar-refractivity contribution in [2.24, 2.45) is 0 Å². The van der Waals surface area contributed by atoms with E-state index in [1.54, 1.807) is 4.52 Å². The van der Waals surface area contributed by atoms with Crippen LogP contribution in [-0.2, 0) is 17.8 Å². The highest BCUT2D eigenvalue weighted by Gasteiger charge is 2.17. The molecule has 3 heterocycles. The zero-order valence-electron chi connectivity index (χ0n) is 17.9. The van der Waals surface area contributed by atoms with E-state index in [0.29, 0.717) is 25.2 Å². The normalized spacial score (nSPS) is 15.0. The number of fused-ring (bicyclic) bond motifs is 1. The number of hydrogen-bond donors (Lipinski definition) is 1. The number of piperazine rings is 1. The fourth-order valence-corrected chi connectivity index (χ4v) is 4.05. The second-order valence-electron chi connectivity index (χ2n) is 7.93. The van der Waals surface area contributed by atoms with Crippen LogP contribution in [0, 0.1) is 13.8 Å². The first-order chi connectivity index (χ1) is 14.5. The highest BCUT2D eigenvalue weighted by molar-refractivity contribution is 5.76. The number of carbonyl (C=O) groups is 1. The molecule has 1 aromatic carbocycles. The van der Waals surface area contributed by atoms with E-state index in [9.17, 15) is 4.79 Å². The lowest BCUT2D eigenvalue weighted by molar-refractivity contribution is -0.121. The lowest BCUT2D eigenvalue weighted by Crippen LogP contribution is -2.45. The molecule has 8 heteroatoms. The average molecular weight is 408 g/mol. The van der Waals surface area contributed by atoms with Crippen LogP contribution >= 0.6 is 0 Å². The number of para-hydroxylation sites is 1. The van der Waals surface area contributed by atoms with Gasteiger partial charge in [0, 0.05) is 56.2 Å². The van der Waals surface area contributed by atoms with Crippen LogP contribution in [0.25, 0.3) is 5.78 Å². The summed E-state index contributed by atoms with van der Waals surface area (Å²) >= 11 is 0. The molecular formula is C22H29N7O. The second kappa shape index (κ2) is 8.79. The molecule has 1 fully saturated rings. The van der Waals surface area contributed by atoms with Gasteiger partial charge in [-0.3, -0.25) is 4.79 Å². The summed E-state index contributed by atoms with van der Waals surface area (Å²) in [6.07, 6.45) is 2.55. The van der Waals surface area contributed by atoms with Crippen LogP contribution in [-0.4, -0.2) is 63.6 Å². The minimum atomic E-state index is 0.0423. The number of aryl methyl sites for hydroxylation is 2. The Morgan fingerprint density at radius 2 is 1.90 bits per heavy atom. The van der Waals surface area contributed by atoms with Crippen molar-refractivity contribution < 1.29 is 4.79 Å². The van der Waals surface area contributed by atoms with Gasteiger partial charge in [0.1, 0.15) is 6.33 Å². The van der Waals surface area contributed by atoms with Gasteiger partial charge in [-0.2, -0.15) is 10.1 Å². The third kappa shape index (κ3) is 4.28. The molecule has 3 aromatic rings. The van der Waals surface area contributed by atoms with Crippen molar-refractivity contribution in [3.05, 3.63) is 53.1 Å². The van der Waals surface area contributed by atoms with Gasteiger partial charge in [-0.25, -0.2) is 9.50 Å². The van der Waals surface area contributed by atoms with E-state index in [0.717, 1.165) is 48.7 Å². The summed E-state index contributed by atoms with van der Waals surface area (Å²) in [7, 11) is 2.16. The highest BCUT2D eigenvalue weighted by atomic mass is 16.1. The third-order valence-electron chi connectivity index (χ3n) is 5.90. The van der Waals surface area contributed by atoms with Crippen molar-refractivity contribution in [1.29, 1.82) is 0 Å². The van der Waals surface area contributed by atoms with E-state index in [2.05, 4.69) is 55.4 Å². The lowest BCUT2D eigenvalue weighted by Gasteiger charge is -2.35. The van der Waals surface area contributed by atoms with Gasteiger partial charge in [0.25, 0.3) is 5.78 Å². The van der Waals surface area contributed by atoms with E-state index >= 15 is 0 Å². The maximum absolute atomic E-state index is 12.6. The monoisotopic (exact) mass is 407 g/mol. The predicted molar refractivity (Wildman–Crippen MR) is 117 cm³/mol. The molecule has 1 aliphatic rings. The van der Waals surface area contributed by atoms with Gasteiger partial charge in [-0.1, -0.05) is 18.2 Å². The molecule has 0 unspecified atom stereocenters. The number of carbonyl (C=O) groups excluding carboxylic acids is 1. The first-order valence-electron chi connectivity index (χ1n) is 10.5. The Hall–Kier alpha value is -3.00. The van der Waals surface area contributed by atoms with Gasteiger partial charge in [0.15, 0.2) is 0 Å². The topological polar surface area (TPSA) is 78.7 Å². The third-order valence-corrected chi connectivity index (χ3v) is 5.90. The van der Waals surface area contributed by atoms with Gasteiger partial charge >= 0.3 is 0 Å². The molecule has 1 amide bonds. The number of likely N-dealkylation sites (N-methyl/N-ethyl adjacent to an activating group) is 1. The van der Waals surface area contributed by atoms with E-state index in [4.69, 9.17) is 0 Å². The van der Waals surface area contributed by atoms with E-state index < -0.39 is 0 Å². The summed E-state index contributed by atoms with van der Waals surface area (Å²) in [6, 6.07) is 8.36. The zero-order chi connectivity index (χ0) is 21.1. The van der Waals surface area contributed by atoms with Crippen LogP contribution in [0.1, 0.15) is 28.9 Å². The van der Waals surface area contributed by atoms with Gasteiger partial charge in [-0.15, -0.1) is 0 Å². The summed E-state index contributed by atoms with van der Waals surface area (Å²) in [5, 5.41) is 7.31. The summed E-state index contributed by atoms with van der Waals surface area (Å²) in [4.78, 5) is 26.0. The predicted octanol–water partition coefficient (Wildman–Crippen LogP) is 1.74. The Morgan fingerprint density at radius 3 is 2.70 bits per heavy atom. The molecule has 30 heavy (non-hydrogen) atoms. The van der Waals surface area contributed by atoms with Crippen molar-refractivity contribution in [2.45, 2.75) is 33.2 Å². The Bertz CT molecular complexity index is 1040. The molecule has 1 aliphatic heterocycles. The van der Waals surface area contributed by atoms with Crippen LogP contribution in [0.2, 0.25) is 0 Å². The highest BCUT2D eigenvalue weighted by Crippen LogP contribution is 2.22. The number of nitrogens with zero attached hydrogens (tertiary/aromatic N) is 6. The Morgan fingerprint density at radius 1 is 1.13 bits per heavy atom. The smallest absolute Gasteiger partial charge is 0.252 e. The number of anilines is 1. The van der Waals surface area contributed by atoms with Crippen molar-refractivity contribution in [2.75, 3.05) is 38.1 Å². The van der Waals surface area contributed by atoms with E-state index in [1.807, 2.05) is 19.9 Å². The molecule has 0 bridgehead atoms. The first kappa shape index (κ1) is 20.3. The fourth-order valence-electron chi connectivity index (χ4n) is 4.05. The first-order valence-corrected chi connectivity index (χ1v) is 10.5. The maximum Gasteiger partial charge on any atom is 0.252 e. The maximum atomic E-state index is 12.6. The van der Waals surface area contributed by atoms with Crippen molar-refractivity contribution >= 4 is 17.4 Å². The molecule has 1 saturated heterocycles. The summed E-state index contributed by atoms with van der Waals surface area (Å²) in [5.41, 5.74) is 5.33. The van der Waals surface area contributed by atoms with E-state index in [1.165, 1.54) is 12.0 Å². The lowest BCUT2D eigenvalue weighted by atomic mass is 10.1. The molecule has 158 valence electrons. The van der Waals surface area contributed by atoms with Crippen molar-refractivity contribution in [3.63, 3.8) is 0 Å². The number of benzene rings is 1. The molecule has 0 aliphatic carbocycles. The number of hydrogen-bond acceptors (Lipinski definition) is 6. The number of aromatic nitrogens is 4. The molecule has 0 spiro atoms. The van der Waals surface area contributed by atoms with Gasteiger partial charge in [0.05, 0.1) is 0 Å².